The Hall–Kier alpha value is -2.65. The standard InChI is InChI=1S/C21H20N2O4S2/c24-13-11-23(12-14-25)16-4-1-15(2-5-16)3-6-17-7-8-18(28-17)19-9-10-20(29-19)21(26)22-27/h1-10,24-25H,11-14H2/b6-3+. The number of thiophene rings is 2. The van der Waals surface area contributed by atoms with Crippen LogP contribution >= 0.6 is 22.7 Å². The van der Waals surface area contributed by atoms with Gasteiger partial charge in [0.2, 0.25) is 0 Å². The summed E-state index contributed by atoms with van der Waals surface area (Å²) in [5.41, 5.74) is 1.99. The highest BCUT2D eigenvalue weighted by molar-refractivity contribution is 7.23. The Bertz CT molecular complexity index is 986. The van der Waals surface area contributed by atoms with Crippen molar-refractivity contribution in [2.45, 2.75) is 0 Å². The van der Waals surface area contributed by atoms with Crippen LogP contribution in [0, 0.1) is 4.91 Å². The molecular formula is C21H20N2O4S2. The number of aliphatic hydroxyl groups is 2. The van der Waals surface area contributed by atoms with Crippen LogP contribution < -0.4 is 4.90 Å². The molecule has 2 aromatic heterocycles. The van der Waals surface area contributed by atoms with Gasteiger partial charge in [-0.05, 0) is 48.0 Å². The Balaban J connectivity index is 1.68. The number of hydrogen-bond donors (Lipinski definition) is 2. The molecule has 29 heavy (non-hydrogen) atoms. The molecule has 0 aliphatic rings. The number of carbonyl (C=O) groups is 1. The lowest BCUT2D eigenvalue weighted by molar-refractivity contribution is 0.100. The zero-order chi connectivity index (χ0) is 20.6. The van der Waals surface area contributed by atoms with Gasteiger partial charge in [0.15, 0.2) is 0 Å². The Kier molecular flexibility index (Phi) is 7.42. The lowest BCUT2D eigenvalue weighted by Crippen LogP contribution is -2.29. The van der Waals surface area contributed by atoms with Crippen molar-refractivity contribution in [2.75, 3.05) is 31.2 Å². The van der Waals surface area contributed by atoms with Gasteiger partial charge in [-0.15, -0.1) is 27.6 Å². The smallest absolute Gasteiger partial charge is 0.326 e. The lowest BCUT2D eigenvalue weighted by atomic mass is 10.1. The third-order valence-corrected chi connectivity index (χ3v) is 6.53. The van der Waals surface area contributed by atoms with E-state index in [1.165, 1.54) is 11.3 Å². The molecule has 2 heterocycles. The number of nitroso groups, excluding NO2 is 1. The monoisotopic (exact) mass is 428 g/mol. The highest BCUT2D eigenvalue weighted by Gasteiger charge is 2.11. The molecule has 0 radical (unpaired) electrons. The summed E-state index contributed by atoms with van der Waals surface area (Å²) in [6.07, 6.45) is 4.04. The highest BCUT2D eigenvalue weighted by Crippen LogP contribution is 2.34. The number of hydrogen-bond acceptors (Lipinski definition) is 7. The summed E-state index contributed by atoms with van der Waals surface area (Å²) in [7, 11) is 0. The first kappa shape index (κ1) is 21.1. The van der Waals surface area contributed by atoms with E-state index in [1.54, 1.807) is 17.4 Å². The summed E-state index contributed by atoms with van der Waals surface area (Å²) < 4.78 is 0. The van der Waals surface area contributed by atoms with Gasteiger partial charge in [-0.2, -0.15) is 0 Å². The van der Waals surface area contributed by atoms with E-state index >= 15 is 0 Å². The largest absolute Gasteiger partial charge is 0.395 e. The average Bonchev–Trinajstić information content (AvgIpc) is 3.41. The Morgan fingerprint density at radius 3 is 2.21 bits per heavy atom. The fourth-order valence-electron chi connectivity index (χ4n) is 2.79. The van der Waals surface area contributed by atoms with Crippen molar-refractivity contribution in [1.29, 1.82) is 0 Å². The first-order valence-electron chi connectivity index (χ1n) is 8.97. The molecule has 1 aromatic carbocycles. The van der Waals surface area contributed by atoms with Gasteiger partial charge in [0.1, 0.15) is 0 Å². The van der Waals surface area contributed by atoms with Crippen LogP contribution in [0.5, 0.6) is 0 Å². The summed E-state index contributed by atoms with van der Waals surface area (Å²) >= 11 is 2.86. The molecule has 0 bridgehead atoms. The fourth-order valence-corrected chi connectivity index (χ4v) is 4.67. The van der Waals surface area contributed by atoms with E-state index in [9.17, 15) is 9.70 Å². The molecule has 0 unspecified atom stereocenters. The predicted octanol–water partition coefficient (Wildman–Crippen LogP) is 4.34. The summed E-state index contributed by atoms with van der Waals surface area (Å²) in [4.78, 5) is 27.0. The molecule has 8 heteroatoms. The van der Waals surface area contributed by atoms with Gasteiger partial charge in [-0.3, -0.25) is 4.79 Å². The summed E-state index contributed by atoms with van der Waals surface area (Å²) in [6, 6.07) is 15.4. The van der Waals surface area contributed by atoms with Crippen LogP contribution in [-0.4, -0.2) is 42.4 Å². The minimum atomic E-state index is -0.738. The molecule has 0 fully saturated rings. The molecule has 0 saturated carbocycles. The maximum Gasteiger partial charge on any atom is 0.326 e. The average molecular weight is 429 g/mol. The molecule has 2 N–H and O–H groups in total. The van der Waals surface area contributed by atoms with Crippen molar-refractivity contribution < 1.29 is 15.0 Å². The molecule has 0 atom stereocenters. The Morgan fingerprint density at radius 1 is 0.897 bits per heavy atom. The van der Waals surface area contributed by atoms with Gasteiger partial charge in [0.25, 0.3) is 0 Å². The molecule has 6 nitrogen and oxygen atoms in total. The molecule has 0 spiro atoms. The van der Waals surface area contributed by atoms with Crippen LogP contribution in [0.2, 0.25) is 0 Å². The van der Waals surface area contributed by atoms with Crippen LogP contribution in [0.4, 0.5) is 5.69 Å². The van der Waals surface area contributed by atoms with E-state index < -0.39 is 5.91 Å². The molecule has 0 saturated heterocycles. The first-order chi connectivity index (χ1) is 14.1. The third kappa shape index (κ3) is 5.45. The molecular weight excluding hydrogens is 408 g/mol. The molecule has 150 valence electrons. The maximum atomic E-state index is 11.4. The second kappa shape index (κ2) is 10.2. The SMILES string of the molecule is O=NC(=O)c1ccc(-c2ccc(/C=C/c3ccc(N(CCO)CCO)cc3)s2)s1. The van der Waals surface area contributed by atoms with E-state index in [0.717, 1.165) is 25.9 Å². The number of anilines is 1. The molecule has 0 aliphatic heterocycles. The van der Waals surface area contributed by atoms with Crippen molar-refractivity contribution in [3.8, 4) is 9.75 Å². The zero-order valence-corrected chi connectivity index (χ0v) is 17.2. The van der Waals surface area contributed by atoms with Gasteiger partial charge < -0.3 is 15.1 Å². The van der Waals surface area contributed by atoms with Crippen LogP contribution in [0.25, 0.3) is 21.9 Å². The Morgan fingerprint density at radius 2 is 1.55 bits per heavy atom. The minimum absolute atomic E-state index is 0.0356. The van der Waals surface area contributed by atoms with Crippen molar-refractivity contribution in [2.24, 2.45) is 5.18 Å². The number of carbonyl (C=O) groups excluding carboxylic acids is 1. The van der Waals surface area contributed by atoms with Crippen LogP contribution in [0.3, 0.4) is 0 Å². The van der Waals surface area contributed by atoms with E-state index in [1.807, 2.05) is 59.5 Å². The summed E-state index contributed by atoms with van der Waals surface area (Å²) in [5, 5.41) is 20.8. The first-order valence-corrected chi connectivity index (χ1v) is 10.6. The van der Waals surface area contributed by atoms with Crippen LogP contribution in [0.15, 0.2) is 53.7 Å². The minimum Gasteiger partial charge on any atom is -0.395 e. The van der Waals surface area contributed by atoms with E-state index in [4.69, 9.17) is 10.2 Å². The molecule has 3 aromatic rings. The van der Waals surface area contributed by atoms with Crippen molar-refractivity contribution >= 4 is 46.4 Å². The van der Waals surface area contributed by atoms with E-state index in [0.29, 0.717) is 18.0 Å². The second-order valence-electron chi connectivity index (χ2n) is 6.12. The van der Waals surface area contributed by atoms with E-state index in [2.05, 4.69) is 5.18 Å². The number of rotatable bonds is 9. The molecule has 0 aliphatic carbocycles. The van der Waals surface area contributed by atoms with Gasteiger partial charge in [0, 0.05) is 38.6 Å². The second-order valence-corrected chi connectivity index (χ2v) is 8.32. The topological polar surface area (TPSA) is 90.2 Å². The van der Waals surface area contributed by atoms with Crippen molar-refractivity contribution in [3.05, 3.63) is 68.8 Å². The number of benzene rings is 1. The zero-order valence-electron chi connectivity index (χ0n) is 15.5. The molecule has 1 amide bonds. The van der Waals surface area contributed by atoms with Crippen molar-refractivity contribution in [3.63, 3.8) is 0 Å². The van der Waals surface area contributed by atoms with Crippen molar-refractivity contribution in [1.82, 2.24) is 0 Å². The van der Waals surface area contributed by atoms with Gasteiger partial charge in [0.05, 0.1) is 18.1 Å². The van der Waals surface area contributed by atoms with Crippen LogP contribution in [0.1, 0.15) is 20.1 Å². The number of aliphatic hydroxyl groups excluding tert-OH is 2. The highest BCUT2D eigenvalue weighted by atomic mass is 32.1. The number of amides is 1. The van der Waals surface area contributed by atoms with Gasteiger partial charge in [-0.25, -0.2) is 0 Å². The van der Waals surface area contributed by atoms with Gasteiger partial charge in [-0.1, -0.05) is 18.2 Å². The quantitative estimate of drug-likeness (QED) is 0.495. The van der Waals surface area contributed by atoms with E-state index in [-0.39, 0.29) is 13.2 Å². The van der Waals surface area contributed by atoms with Gasteiger partial charge >= 0.3 is 5.91 Å². The number of nitrogens with zero attached hydrogens (tertiary/aromatic N) is 2. The predicted molar refractivity (Wildman–Crippen MR) is 120 cm³/mol. The third-order valence-electron chi connectivity index (χ3n) is 4.21. The summed E-state index contributed by atoms with van der Waals surface area (Å²) in [5.74, 6) is -0.738. The lowest BCUT2D eigenvalue weighted by Gasteiger charge is -2.22. The fraction of sp³-hybridized carbons (Fsp3) is 0.190. The normalized spacial score (nSPS) is 11.1. The summed E-state index contributed by atoms with van der Waals surface area (Å²) in [6.45, 7) is 1.03. The maximum absolute atomic E-state index is 11.4. The molecule has 3 rings (SSSR count). The van der Waals surface area contributed by atoms with Crippen LogP contribution in [-0.2, 0) is 0 Å². The Labute approximate surface area is 176 Å².